The molecule has 0 unspecified atom stereocenters. The maximum absolute atomic E-state index is 12.4. The number of esters is 1. The quantitative estimate of drug-likeness (QED) is 0.579. The lowest BCUT2D eigenvalue weighted by molar-refractivity contribution is -0.130. The number of carbonyl (C=O) groups excluding carboxylic acids is 3. The monoisotopic (exact) mass is 383 g/mol. The van der Waals surface area contributed by atoms with Crippen molar-refractivity contribution in [2.45, 2.75) is 26.3 Å². The Morgan fingerprint density at radius 3 is 2.39 bits per heavy atom. The van der Waals surface area contributed by atoms with E-state index in [2.05, 4.69) is 16.0 Å². The lowest BCUT2D eigenvalue weighted by atomic mass is 10.1. The number of hydrogen-bond acceptors (Lipinski definition) is 5. The summed E-state index contributed by atoms with van der Waals surface area (Å²) >= 11 is 0. The van der Waals surface area contributed by atoms with Gasteiger partial charge in [-0.1, -0.05) is 37.3 Å². The molecule has 148 valence electrons. The third-order valence-electron chi connectivity index (χ3n) is 3.85. The lowest BCUT2D eigenvalue weighted by Gasteiger charge is -2.14. The van der Waals surface area contributed by atoms with Crippen molar-refractivity contribution in [3.63, 3.8) is 0 Å². The molecule has 0 heterocycles. The molecule has 0 aliphatic heterocycles. The van der Waals surface area contributed by atoms with Crippen LogP contribution in [0.1, 0.15) is 30.6 Å². The summed E-state index contributed by atoms with van der Waals surface area (Å²) in [5, 5.41) is 8.35. The summed E-state index contributed by atoms with van der Waals surface area (Å²) in [6, 6.07) is 15.6. The van der Waals surface area contributed by atoms with E-state index in [4.69, 9.17) is 4.74 Å². The molecular weight excluding hydrogens is 358 g/mol. The average Bonchev–Trinajstić information content (AvgIpc) is 2.71. The van der Waals surface area contributed by atoms with E-state index in [0.717, 1.165) is 12.1 Å². The van der Waals surface area contributed by atoms with Crippen LogP contribution >= 0.6 is 0 Å². The number of anilines is 2. The first-order chi connectivity index (χ1) is 13.5. The van der Waals surface area contributed by atoms with Crippen molar-refractivity contribution in [3.8, 4) is 0 Å². The fourth-order valence-corrected chi connectivity index (χ4v) is 2.41. The van der Waals surface area contributed by atoms with E-state index in [1.54, 1.807) is 31.2 Å². The highest BCUT2D eigenvalue weighted by Gasteiger charge is 2.18. The van der Waals surface area contributed by atoms with Gasteiger partial charge in [-0.25, -0.2) is 4.79 Å². The van der Waals surface area contributed by atoms with Crippen molar-refractivity contribution >= 4 is 29.2 Å². The zero-order chi connectivity index (χ0) is 20.4. The molecule has 0 aliphatic rings. The van der Waals surface area contributed by atoms with Gasteiger partial charge in [-0.3, -0.25) is 9.59 Å². The van der Waals surface area contributed by atoms with Crippen molar-refractivity contribution in [1.29, 1.82) is 0 Å². The zero-order valence-corrected chi connectivity index (χ0v) is 16.0. The fourth-order valence-electron chi connectivity index (χ4n) is 2.41. The summed E-state index contributed by atoms with van der Waals surface area (Å²) in [6.45, 7) is 3.58. The third-order valence-corrected chi connectivity index (χ3v) is 3.85. The molecule has 0 saturated carbocycles. The van der Waals surface area contributed by atoms with Crippen LogP contribution in [0.5, 0.6) is 0 Å². The molecule has 0 fully saturated rings. The zero-order valence-electron chi connectivity index (χ0n) is 16.0. The van der Waals surface area contributed by atoms with Crippen LogP contribution in [0.25, 0.3) is 0 Å². The Morgan fingerprint density at radius 2 is 1.68 bits per heavy atom. The Bertz CT molecular complexity index is 808. The third kappa shape index (κ3) is 6.42. The summed E-state index contributed by atoms with van der Waals surface area (Å²) in [6.07, 6.45) is 0.806. The van der Waals surface area contributed by atoms with Gasteiger partial charge < -0.3 is 20.7 Å². The summed E-state index contributed by atoms with van der Waals surface area (Å²) < 4.78 is 5.11. The van der Waals surface area contributed by atoms with Gasteiger partial charge in [0.05, 0.1) is 11.3 Å². The number of amides is 2. The smallest absolute Gasteiger partial charge is 0.340 e. The predicted octanol–water partition coefficient (Wildman–Crippen LogP) is 2.62. The second-order valence-electron chi connectivity index (χ2n) is 6.19. The van der Waals surface area contributed by atoms with E-state index in [1.165, 1.54) is 0 Å². The highest BCUT2D eigenvalue weighted by Crippen LogP contribution is 2.21. The molecule has 2 aromatic carbocycles. The summed E-state index contributed by atoms with van der Waals surface area (Å²) in [5.74, 6) is -1.45. The maximum Gasteiger partial charge on any atom is 0.340 e. The molecular formula is C21H25N3O4. The molecule has 7 heteroatoms. The van der Waals surface area contributed by atoms with Crippen LogP contribution in [0.4, 0.5) is 11.4 Å². The minimum absolute atomic E-state index is 0.279. The Morgan fingerprint density at radius 1 is 1.00 bits per heavy atom. The van der Waals surface area contributed by atoms with Crippen molar-refractivity contribution in [2.75, 3.05) is 18.5 Å². The fraction of sp³-hybridized carbons (Fsp3) is 0.286. The molecule has 1 atom stereocenters. The Kier molecular flexibility index (Phi) is 8.02. The largest absolute Gasteiger partial charge is 0.452 e. The normalized spacial score (nSPS) is 11.2. The Labute approximate surface area is 164 Å². The van der Waals surface area contributed by atoms with Crippen LogP contribution in [0.3, 0.4) is 0 Å². The summed E-state index contributed by atoms with van der Waals surface area (Å²) in [5.41, 5.74) is 1.71. The van der Waals surface area contributed by atoms with Gasteiger partial charge in [-0.15, -0.1) is 0 Å². The first-order valence-corrected chi connectivity index (χ1v) is 9.16. The topological polar surface area (TPSA) is 96.5 Å². The highest BCUT2D eigenvalue weighted by molar-refractivity contribution is 5.97. The molecule has 3 N–H and O–H groups in total. The number of benzene rings is 2. The van der Waals surface area contributed by atoms with E-state index in [1.807, 2.05) is 37.3 Å². The standard InChI is InChI=1S/C21H25N3O4/c1-3-13-22-20(26)15(2)23-19(25)14-28-21(27)17-11-7-8-12-18(17)24-16-9-5-4-6-10-16/h4-12,15,24H,3,13-14H2,1-2H3,(H,22,26)(H,23,25)/t15-/m0/s1. The van der Waals surface area contributed by atoms with Gasteiger partial charge in [0, 0.05) is 12.2 Å². The van der Waals surface area contributed by atoms with Crippen LogP contribution in [0, 0.1) is 0 Å². The van der Waals surface area contributed by atoms with E-state index in [0.29, 0.717) is 17.8 Å². The number of carbonyl (C=O) groups is 3. The second kappa shape index (κ2) is 10.7. The van der Waals surface area contributed by atoms with Crippen LogP contribution in [0.2, 0.25) is 0 Å². The van der Waals surface area contributed by atoms with Gasteiger partial charge in [0.2, 0.25) is 5.91 Å². The van der Waals surface area contributed by atoms with Crippen LogP contribution in [0.15, 0.2) is 54.6 Å². The van der Waals surface area contributed by atoms with Crippen molar-refractivity contribution < 1.29 is 19.1 Å². The molecule has 28 heavy (non-hydrogen) atoms. The lowest BCUT2D eigenvalue weighted by Crippen LogP contribution is -2.46. The molecule has 0 aromatic heterocycles. The number of para-hydroxylation sites is 2. The van der Waals surface area contributed by atoms with Gasteiger partial charge in [-0.2, -0.15) is 0 Å². The van der Waals surface area contributed by atoms with Crippen molar-refractivity contribution in [1.82, 2.24) is 10.6 Å². The van der Waals surface area contributed by atoms with Gasteiger partial charge in [0.25, 0.3) is 5.91 Å². The molecule has 0 bridgehead atoms. The molecule has 0 aliphatic carbocycles. The SMILES string of the molecule is CCCNC(=O)[C@H](C)NC(=O)COC(=O)c1ccccc1Nc1ccccc1. The number of nitrogens with one attached hydrogen (secondary N) is 3. The van der Waals surface area contributed by atoms with E-state index in [9.17, 15) is 14.4 Å². The number of hydrogen-bond donors (Lipinski definition) is 3. The number of ether oxygens (including phenoxy) is 1. The molecule has 0 spiro atoms. The van der Waals surface area contributed by atoms with Gasteiger partial charge in [-0.05, 0) is 37.6 Å². The summed E-state index contributed by atoms with van der Waals surface area (Å²) in [4.78, 5) is 36.1. The first-order valence-electron chi connectivity index (χ1n) is 9.16. The molecule has 2 amide bonds. The summed E-state index contributed by atoms with van der Waals surface area (Å²) in [7, 11) is 0. The molecule has 0 radical (unpaired) electrons. The minimum atomic E-state index is -0.704. The Hall–Kier alpha value is -3.35. The van der Waals surface area contributed by atoms with Crippen LogP contribution < -0.4 is 16.0 Å². The van der Waals surface area contributed by atoms with E-state index < -0.39 is 24.5 Å². The van der Waals surface area contributed by atoms with Crippen LogP contribution in [-0.4, -0.2) is 37.0 Å². The Balaban J connectivity index is 1.91. The molecule has 7 nitrogen and oxygen atoms in total. The van der Waals surface area contributed by atoms with Crippen molar-refractivity contribution in [3.05, 3.63) is 60.2 Å². The maximum atomic E-state index is 12.4. The van der Waals surface area contributed by atoms with E-state index >= 15 is 0 Å². The van der Waals surface area contributed by atoms with Gasteiger partial charge >= 0.3 is 5.97 Å². The average molecular weight is 383 g/mol. The minimum Gasteiger partial charge on any atom is -0.452 e. The first kappa shape index (κ1) is 21.0. The van der Waals surface area contributed by atoms with Gasteiger partial charge in [0.1, 0.15) is 6.04 Å². The molecule has 2 rings (SSSR count). The van der Waals surface area contributed by atoms with Gasteiger partial charge in [0.15, 0.2) is 6.61 Å². The van der Waals surface area contributed by atoms with Crippen LogP contribution in [-0.2, 0) is 14.3 Å². The second-order valence-corrected chi connectivity index (χ2v) is 6.19. The molecule has 2 aromatic rings. The number of rotatable bonds is 9. The predicted molar refractivity (Wildman–Crippen MR) is 107 cm³/mol. The van der Waals surface area contributed by atoms with Crippen molar-refractivity contribution in [2.24, 2.45) is 0 Å². The van der Waals surface area contributed by atoms with E-state index in [-0.39, 0.29) is 5.91 Å². The highest BCUT2D eigenvalue weighted by atomic mass is 16.5. The molecule has 0 saturated heterocycles.